The van der Waals surface area contributed by atoms with Crippen molar-refractivity contribution in [2.45, 2.75) is 37.3 Å². The number of rotatable bonds is 6. The Hall–Kier alpha value is -1.07. The lowest BCUT2D eigenvalue weighted by atomic mass is 9.94. The number of hydrogen-bond donors (Lipinski definition) is 2. The Morgan fingerprint density at radius 1 is 1.61 bits per heavy atom. The van der Waals surface area contributed by atoms with Crippen LogP contribution in [0.25, 0.3) is 0 Å². The van der Waals surface area contributed by atoms with Gasteiger partial charge >= 0.3 is 0 Å². The van der Waals surface area contributed by atoms with E-state index in [1.807, 2.05) is 20.1 Å². The SMILES string of the molecule is CCC(C)(CCO)NC(=O)c1ccnc(SC)c1. The number of aromatic nitrogens is 1. The molecule has 1 atom stereocenters. The number of hydrogen-bond acceptors (Lipinski definition) is 4. The second kappa shape index (κ2) is 6.75. The van der Waals surface area contributed by atoms with E-state index in [4.69, 9.17) is 5.11 Å². The minimum Gasteiger partial charge on any atom is -0.396 e. The first-order valence-electron chi connectivity index (χ1n) is 5.98. The van der Waals surface area contributed by atoms with E-state index in [1.54, 1.807) is 18.3 Å². The number of amides is 1. The predicted octanol–water partition coefficient (Wildman–Crippen LogP) is 2.08. The summed E-state index contributed by atoms with van der Waals surface area (Å²) in [7, 11) is 0. The Labute approximate surface area is 112 Å². The third-order valence-electron chi connectivity index (χ3n) is 3.07. The first-order valence-corrected chi connectivity index (χ1v) is 7.20. The monoisotopic (exact) mass is 268 g/mol. The highest BCUT2D eigenvalue weighted by Crippen LogP contribution is 2.17. The molecular formula is C13H20N2O2S. The van der Waals surface area contributed by atoms with E-state index in [9.17, 15) is 4.79 Å². The van der Waals surface area contributed by atoms with Gasteiger partial charge in [-0.2, -0.15) is 0 Å². The van der Waals surface area contributed by atoms with Gasteiger partial charge in [0.25, 0.3) is 5.91 Å². The van der Waals surface area contributed by atoms with Crippen LogP contribution < -0.4 is 5.32 Å². The molecule has 0 aliphatic rings. The minimum atomic E-state index is -0.366. The van der Waals surface area contributed by atoms with E-state index in [0.29, 0.717) is 12.0 Å². The Balaban J connectivity index is 2.80. The Morgan fingerprint density at radius 2 is 2.33 bits per heavy atom. The first-order chi connectivity index (χ1) is 8.54. The largest absolute Gasteiger partial charge is 0.396 e. The maximum absolute atomic E-state index is 12.1. The number of thioether (sulfide) groups is 1. The van der Waals surface area contributed by atoms with Gasteiger partial charge < -0.3 is 10.4 Å². The molecule has 1 amide bonds. The molecule has 1 rings (SSSR count). The highest BCUT2D eigenvalue weighted by Gasteiger charge is 2.24. The van der Waals surface area contributed by atoms with Gasteiger partial charge in [0.15, 0.2) is 0 Å². The Bertz CT molecular complexity index is 412. The summed E-state index contributed by atoms with van der Waals surface area (Å²) in [5, 5.41) is 12.8. The highest BCUT2D eigenvalue weighted by molar-refractivity contribution is 7.98. The third-order valence-corrected chi connectivity index (χ3v) is 3.71. The summed E-state index contributed by atoms with van der Waals surface area (Å²) >= 11 is 1.50. The van der Waals surface area contributed by atoms with E-state index in [1.165, 1.54) is 11.8 Å². The zero-order valence-corrected chi connectivity index (χ0v) is 11.9. The standard InChI is InChI=1S/C13H20N2O2S/c1-4-13(2,6-8-16)15-12(17)10-5-7-14-11(9-10)18-3/h5,7,9,16H,4,6,8H2,1-3H3,(H,15,17). The van der Waals surface area contributed by atoms with Gasteiger partial charge in [0.2, 0.25) is 0 Å². The van der Waals surface area contributed by atoms with Gasteiger partial charge in [-0.05, 0) is 38.2 Å². The van der Waals surface area contributed by atoms with Crippen molar-refractivity contribution < 1.29 is 9.90 Å². The van der Waals surface area contributed by atoms with Gasteiger partial charge in [-0.1, -0.05) is 6.92 Å². The van der Waals surface area contributed by atoms with Crippen LogP contribution in [-0.2, 0) is 0 Å². The van der Waals surface area contributed by atoms with Crippen molar-refractivity contribution in [1.82, 2.24) is 10.3 Å². The highest BCUT2D eigenvalue weighted by atomic mass is 32.2. The smallest absolute Gasteiger partial charge is 0.251 e. The van der Waals surface area contributed by atoms with Crippen molar-refractivity contribution in [2.75, 3.05) is 12.9 Å². The van der Waals surface area contributed by atoms with Crippen molar-refractivity contribution in [3.63, 3.8) is 0 Å². The van der Waals surface area contributed by atoms with E-state index in [0.717, 1.165) is 11.4 Å². The number of aliphatic hydroxyl groups excluding tert-OH is 1. The number of nitrogens with zero attached hydrogens (tertiary/aromatic N) is 1. The summed E-state index contributed by atoms with van der Waals surface area (Å²) in [6.07, 6.45) is 4.89. The average Bonchev–Trinajstić information content (AvgIpc) is 2.39. The molecule has 5 heteroatoms. The average molecular weight is 268 g/mol. The predicted molar refractivity (Wildman–Crippen MR) is 73.9 cm³/mol. The topological polar surface area (TPSA) is 62.2 Å². The third kappa shape index (κ3) is 3.99. The fourth-order valence-electron chi connectivity index (χ4n) is 1.58. The molecule has 0 bridgehead atoms. The Kier molecular flexibility index (Phi) is 5.62. The Morgan fingerprint density at radius 3 is 2.89 bits per heavy atom. The minimum absolute atomic E-state index is 0.0665. The molecule has 0 aromatic carbocycles. The molecule has 1 unspecified atom stereocenters. The van der Waals surface area contributed by atoms with Crippen LogP contribution in [0.1, 0.15) is 37.0 Å². The molecule has 0 aliphatic carbocycles. The maximum atomic E-state index is 12.1. The van der Waals surface area contributed by atoms with E-state index < -0.39 is 0 Å². The molecule has 2 N–H and O–H groups in total. The fraction of sp³-hybridized carbons (Fsp3) is 0.538. The molecule has 1 heterocycles. The fourth-order valence-corrected chi connectivity index (χ4v) is 1.99. The van der Waals surface area contributed by atoms with Crippen LogP contribution in [-0.4, -0.2) is 34.4 Å². The normalized spacial score (nSPS) is 14.0. The van der Waals surface area contributed by atoms with Crippen LogP contribution in [0.5, 0.6) is 0 Å². The van der Waals surface area contributed by atoms with E-state index >= 15 is 0 Å². The van der Waals surface area contributed by atoms with E-state index in [-0.39, 0.29) is 18.1 Å². The summed E-state index contributed by atoms with van der Waals surface area (Å²) in [4.78, 5) is 16.3. The number of nitrogens with one attached hydrogen (secondary N) is 1. The number of carbonyl (C=O) groups excluding carboxylic acids is 1. The quantitative estimate of drug-likeness (QED) is 0.775. The molecular weight excluding hydrogens is 248 g/mol. The first kappa shape index (κ1) is 15.0. The van der Waals surface area contributed by atoms with Gasteiger partial charge in [-0.25, -0.2) is 4.98 Å². The van der Waals surface area contributed by atoms with Gasteiger partial charge in [-0.3, -0.25) is 4.79 Å². The summed E-state index contributed by atoms with van der Waals surface area (Å²) in [5.41, 5.74) is 0.237. The lowest BCUT2D eigenvalue weighted by molar-refractivity contribution is 0.0886. The molecule has 0 aliphatic heterocycles. The molecule has 0 saturated heterocycles. The number of carbonyl (C=O) groups is 1. The lowest BCUT2D eigenvalue weighted by Crippen LogP contribution is -2.46. The molecule has 1 aromatic rings. The molecule has 1 aromatic heterocycles. The zero-order chi connectivity index (χ0) is 13.6. The van der Waals surface area contributed by atoms with Gasteiger partial charge in [0.1, 0.15) is 0 Å². The van der Waals surface area contributed by atoms with Crippen molar-refractivity contribution in [3.8, 4) is 0 Å². The van der Waals surface area contributed by atoms with Crippen LogP contribution >= 0.6 is 11.8 Å². The zero-order valence-electron chi connectivity index (χ0n) is 11.1. The molecule has 4 nitrogen and oxygen atoms in total. The lowest BCUT2D eigenvalue weighted by Gasteiger charge is -2.29. The number of pyridine rings is 1. The molecule has 0 radical (unpaired) electrons. The van der Waals surface area contributed by atoms with Gasteiger partial charge in [0, 0.05) is 23.9 Å². The molecule has 0 fully saturated rings. The number of aliphatic hydroxyl groups is 1. The molecule has 18 heavy (non-hydrogen) atoms. The van der Waals surface area contributed by atoms with Crippen molar-refractivity contribution in [2.24, 2.45) is 0 Å². The van der Waals surface area contributed by atoms with Crippen LogP contribution in [0.15, 0.2) is 23.4 Å². The summed E-state index contributed by atoms with van der Waals surface area (Å²) in [6, 6.07) is 3.47. The summed E-state index contributed by atoms with van der Waals surface area (Å²) in [6.45, 7) is 4.00. The van der Waals surface area contributed by atoms with Crippen molar-refractivity contribution >= 4 is 17.7 Å². The summed E-state index contributed by atoms with van der Waals surface area (Å²) in [5.74, 6) is -0.120. The van der Waals surface area contributed by atoms with Crippen LogP contribution in [0.2, 0.25) is 0 Å². The van der Waals surface area contributed by atoms with Crippen LogP contribution in [0.3, 0.4) is 0 Å². The van der Waals surface area contributed by atoms with Crippen LogP contribution in [0.4, 0.5) is 0 Å². The second-order valence-electron chi connectivity index (χ2n) is 4.43. The van der Waals surface area contributed by atoms with E-state index in [2.05, 4.69) is 10.3 Å². The second-order valence-corrected chi connectivity index (χ2v) is 5.26. The van der Waals surface area contributed by atoms with Crippen molar-refractivity contribution in [1.29, 1.82) is 0 Å². The van der Waals surface area contributed by atoms with Gasteiger partial charge in [0.05, 0.1) is 5.03 Å². The molecule has 0 spiro atoms. The summed E-state index contributed by atoms with van der Waals surface area (Å²) < 4.78 is 0. The molecule has 100 valence electrons. The van der Waals surface area contributed by atoms with Crippen molar-refractivity contribution in [3.05, 3.63) is 23.9 Å². The maximum Gasteiger partial charge on any atom is 0.251 e. The van der Waals surface area contributed by atoms with Gasteiger partial charge in [-0.15, -0.1) is 11.8 Å². The molecule has 0 saturated carbocycles. The van der Waals surface area contributed by atoms with Crippen LogP contribution in [0, 0.1) is 0 Å².